The van der Waals surface area contributed by atoms with E-state index < -0.39 is 0 Å². The lowest BCUT2D eigenvalue weighted by Crippen LogP contribution is -2.27. The van der Waals surface area contributed by atoms with Crippen molar-refractivity contribution in [2.75, 3.05) is 42.3 Å². The molecule has 0 spiro atoms. The number of benzene rings is 2. The summed E-state index contributed by atoms with van der Waals surface area (Å²) in [6, 6.07) is 14.6. The first-order valence-electron chi connectivity index (χ1n) is 7.79. The van der Waals surface area contributed by atoms with Gasteiger partial charge >= 0.3 is 6.03 Å². The van der Waals surface area contributed by atoms with Crippen molar-refractivity contribution in [2.45, 2.75) is 0 Å². The molecule has 2 N–H and O–H groups in total. The van der Waals surface area contributed by atoms with Gasteiger partial charge in [0, 0.05) is 49.8 Å². The summed E-state index contributed by atoms with van der Waals surface area (Å²) in [6.07, 6.45) is 0. The van der Waals surface area contributed by atoms with Crippen LogP contribution < -0.4 is 20.4 Å². The monoisotopic (exact) mass is 324 g/mol. The zero-order chi connectivity index (χ0) is 17.1. The number of anilines is 3. The van der Waals surface area contributed by atoms with Gasteiger partial charge < -0.3 is 15.5 Å². The number of carbonyl (C=O) groups excluding carboxylic acids is 2. The van der Waals surface area contributed by atoms with Crippen LogP contribution in [0.15, 0.2) is 48.5 Å². The van der Waals surface area contributed by atoms with Crippen LogP contribution in [0.5, 0.6) is 0 Å². The number of carbonyl (C=O) groups is 2. The maximum absolute atomic E-state index is 12.4. The normalized spacial score (nSPS) is 13.6. The highest BCUT2D eigenvalue weighted by molar-refractivity contribution is 6.05. The van der Waals surface area contributed by atoms with E-state index in [2.05, 4.69) is 10.6 Å². The van der Waals surface area contributed by atoms with Crippen molar-refractivity contribution in [2.24, 2.45) is 0 Å². The molecule has 0 radical (unpaired) electrons. The number of rotatable bonds is 4. The number of urea groups is 1. The Morgan fingerprint density at radius 2 is 1.92 bits per heavy atom. The zero-order valence-corrected chi connectivity index (χ0v) is 13.7. The third kappa shape index (κ3) is 3.32. The zero-order valence-electron chi connectivity index (χ0n) is 13.7. The highest BCUT2D eigenvalue weighted by Crippen LogP contribution is 2.20. The van der Waals surface area contributed by atoms with Gasteiger partial charge in [0.1, 0.15) is 0 Å². The minimum absolute atomic E-state index is 0.0905. The third-order valence-electron chi connectivity index (χ3n) is 3.92. The Labute approximate surface area is 141 Å². The van der Waals surface area contributed by atoms with Gasteiger partial charge in [-0.15, -0.1) is 0 Å². The number of nitrogens with one attached hydrogen (secondary N) is 2. The Balaban J connectivity index is 1.70. The summed E-state index contributed by atoms with van der Waals surface area (Å²) < 4.78 is 0. The van der Waals surface area contributed by atoms with Crippen LogP contribution in [0.4, 0.5) is 21.9 Å². The first-order chi connectivity index (χ1) is 11.5. The van der Waals surface area contributed by atoms with Gasteiger partial charge in [0.25, 0.3) is 5.91 Å². The van der Waals surface area contributed by atoms with E-state index in [1.165, 1.54) is 0 Å². The average molecular weight is 324 g/mol. The van der Waals surface area contributed by atoms with Gasteiger partial charge in [-0.25, -0.2) is 4.79 Å². The summed E-state index contributed by atoms with van der Waals surface area (Å²) in [5.74, 6) is -0.162. The van der Waals surface area contributed by atoms with Crippen LogP contribution in [-0.4, -0.2) is 39.1 Å². The first kappa shape index (κ1) is 15.9. The summed E-state index contributed by atoms with van der Waals surface area (Å²) in [5, 5.41) is 5.64. The van der Waals surface area contributed by atoms with Gasteiger partial charge in [-0.05, 0) is 42.5 Å². The van der Waals surface area contributed by atoms with Crippen molar-refractivity contribution < 1.29 is 9.59 Å². The molecule has 0 saturated carbocycles. The molecule has 3 amide bonds. The van der Waals surface area contributed by atoms with E-state index in [-0.39, 0.29) is 11.9 Å². The number of amides is 3. The largest absolute Gasteiger partial charge is 0.378 e. The molecule has 0 aromatic heterocycles. The van der Waals surface area contributed by atoms with Crippen LogP contribution in [0, 0.1) is 0 Å². The van der Waals surface area contributed by atoms with Crippen molar-refractivity contribution in [1.29, 1.82) is 0 Å². The highest BCUT2D eigenvalue weighted by atomic mass is 16.2. The third-order valence-corrected chi connectivity index (χ3v) is 3.92. The van der Waals surface area contributed by atoms with Gasteiger partial charge in [0.2, 0.25) is 0 Å². The molecule has 6 nitrogen and oxygen atoms in total. The standard InChI is InChI=1S/C18H20N4O2/c1-21(2)16-5-3-4-13(12-16)17(23)20-14-6-8-15(9-7-14)22-11-10-19-18(22)24/h3-9,12H,10-11H2,1-2H3,(H,19,24)(H,20,23). The fourth-order valence-electron chi connectivity index (χ4n) is 2.57. The van der Waals surface area contributed by atoms with E-state index >= 15 is 0 Å². The maximum Gasteiger partial charge on any atom is 0.321 e. The molecule has 1 aliphatic rings. The molecule has 1 aliphatic heterocycles. The second-order valence-electron chi connectivity index (χ2n) is 5.83. The molecule has 3 rings (SSSR count). The molecule has 0 bridgehead atoms. The van der Waals surface area contributed by atoms with Crippen LogP contribution >= 0.6 is 0 Å². The Hall–Kier alpha value is -3.02. The van der Waals surface area contributed by atoms with E-state index in [9.17, 15) is 9.59 Å². The van der Waals surface area contributed by atoms with Crippen LogP contribution in [0.2, 0.25) is 0 Å². The highest BCUT2D eigenvalue weighted by Gasteiger charge is 2.20. The van der Waals surface area contributed by atoms with Gasteiger partial charge in [-0.2, -0.15) is 0 Å². The second-order valence-corrected chi connectivity index (χ2v) is 5.83. The lowest BCUT2D eigenvalue weighted by atomic mass is 10.1. The van der Waals surface area contributed by atoms with Gasteiger partial charge in [0.15, 0.2) is 0 Å². The van der Waals surface area contributed by atoms with Crippen LogP contribution in [-0.2, 0) is 0 Å². The van der Waals surface area contributed by atoms with Crippen molar-refractivity contribution in [3.8, 4) is 0 Å². The lowest BCUT2D eigenvalue weighted by molar-refractivity contribution is 0.102. The van der Waals surface area contributed by atoms with Crippen molar-refractivity contribution in [1.82, 2.24) is 5.32 Å². The Kier molecular flexibility index (Phi) is 4.37. The van der Waals surface area contributed by atoms with Crippen LogP contribution in [0.25, 0.3) is 0 Å². The molecular formula is C18H20N4O2. The molecule has 1 fully saturated rings. The van der Waals surface area contributed by atoms with Crippen molar-refractivity contribution in [3.05, 3.63) is 54.1 Å². The van der Waals surface area contributed by atoms with Gasteiger partial charge in [-0.1, -0.05) is 6.07 Å². The molecule has 0 aliphatic carbocycles. The molecule has 0 atom stereocenters. The molecule has 1 saturated heterocycles. The number of hydrogen-bond acceptors (Lipinski definition) is 3. The molecule has 1 heterocycles. The molecule has 124 valence electrons. The van der Waals surface area contributed by atoms with E-state index in [1.807, 2.05) is 49.3 Å². The average Bonchev–Trinajstić information content (AvgIpc) is 3.01. The SMILES string of the molecule is CN(C)c1cccc(C(=O)Nc2ccc(N3CCNC3=O)cc2)c1. The summed E-state index contributed by atoms with van der Waals surface area (Å²) in [4.78, 5) is 27.7. The lowest BCUT2D eigenvalue weighted by Gasteiger charge is -2.15. The summed E-state index contributed by atoms with van der Waals surface area (Å²) in [5.41, 5.74) is 3.08. The van der Waals surface area contributed by atoms with Gasteiger partial charge in [0.05, 0.1) is 0 Å². The number of hydrogen-bond donors (Lipinski definition) is 2. The summed E-state index contributed by atoms with van der Waals surface area (Å²) >= 11 is 0. The topological polar surface area (TPSA) is 64.7 Å². The Morgan fingerprint density at radius 1 is 1.17 bits per heavy atom. The van der Waals surface area contributed by atoms with Crippen LogP contribution in [0.3, 0.4) is 0 Å². The minimum Gasteiger partial charge on any atom is -0.378 e. The predicted octanol–water partition coefficient (Wildman–Crippen LogP) is 2.53. The predicted molar refractivity (Wildman–Crippen MR) is 95.9 cm³/mol. The fourth-order valence-corrected chi connectivity index (χ4v) is 2.57. The van der Waals surface area contributed by atoms with Crippen LogP contribution in [0.1, 0.15) is 10.4 Å². The van der Waals surface area contributed by atoms with E-state index in [1.54, 1.807) is 23.1 Å². The van der Waals surface area contributed by atoms with E-state index in [0.717, 1.165) is 11.4 Å². The summed E-state index contributed by atoms with van der Waals surface area (Å²) in [7, 11) is 3.87. The molecule has 0 unspecified atom stereocenters. The van der Waals surface area contributed by atoms with E-state index in [4.69, 9.17) is 0 Å². The fraction of sp³-hybridized carbons (Fsp3) is 0.222. The van der Waals surface area contributed by atoms with Gasteiger partial charge in [-0.3, -0.25) is 9.69 Å². The Morgan fingerprint density at radius 3 is 2.54 bits per heavy atom. The first-order valence-corrected chi connectivity index (χ1v) is 7.79. The quantitative estimate of drug-likeness (QED) is 0.908. The smallest absolute Gasteiger partial charge is 0.321 e. The number of nitrogens with zero attached hydrogens (tertiary/aromatic N) is 2. The minimum atomic E-state index is -0.162. The molecular weight excluding hydrogens is 304 g/mol. The second kappa shape index (κ2) is 6.62. The van der Waals surface area contributed by atoms with E-state index in [0.29, 0.717) is 24.3 Å². The summed E-state index contributed by atoms with van der Waals surface area (Å²) in [6.45, 7) is 1.31. The maximum atomic E-state index is 12.4. The molecule has 2 aromatic carbocycles. The Bertz CT molecular complexity index is 756. The molecule has 24 heavy (non-hydrogen) atoms. The van der Waals surface area contributed by atoms with Crippen molar-refractivity contribution >= 4 is 29.0 Å². The molecule has 6 heteroatoms. The molecule has 2 aromatic rings. The van der Waals surface area contributed by atoms with Crippen molar-refractivity contribution in [3.63, 3.8) is 0 Å².